The Morgan fingerprint density at radius 3 is 1.27 bits per heavy atom. The molecule has 14 atom stereocenters. The van der Waals surface area contributed by atoms with Gasteiger partial charge in [0.1, 0.15) is 42.6 Å². The highest BCUT2D eigenvalue weighted by molar-refractivity contribution is 7.46. The number of aliphatic hydroxyl groups is 4. The Morgan fingerprint density at radius 2 is 0.856 bits per heavy atom. The van der Waals surface area contributed by atoms with Gasteiger partial charge in [-0.25, -0.2) is 9.36 Å². The van der Waals surface area contributed by atoms with Crippen LogP contribution in [0.2, 0.25) is 0 Å². The van der Waals surface area contributed by atoms with Crippen molar-refractivity contribution < 1.29 is 106 Å². The third kappa shape index (κ3) is 42.6. The third-order valence-electron chi connectivity index (χ3n) is 18.3. The lowest BCUT2D eigenvalue weighted by Crippen LogP contribution is -2.68. The van der Waals surface area contributed by atoms with Gasteiger partial charge < -0.3 is 79.1 Å². The zero-order chi connectivity index (χ0) is 71.6. The molecule has 0 aromatic rings. The molecule has 0 bridgehead atoms. The van der Waals surface area contributed by atoms with Gasteiger partial charge in [0.05, 0.1) is 57.2 Å². The molecule has 0 aromatic carbocycles. The normalized spacial score (nSPS) is 22.5. The minimum atomic E-state index is -5.49. The number of phosphoric ester groups is 1. The molecule has 2 amide bonds. The van der Waals surface area contributed by atoms with Crippen molar-refractivity contribution in [1.82, 2.24) is 10.6 Å². The maximum Gasteiger partial charge on any atom is 0.470 e. The van der Waals surface area contributed by atoms with Gasteiger partial charge in [-0.05, 0) is 32.1 Å². The summed E-state index contributed by atoms with van der Waals surface area (Å²) >= 11 is 0. The Balaban J connectivity index is 2.47. The highest BCUT2D eigenvalue weighted by Gasteiger charge is 2.55. The van der Waals surface area contributed by atoms with Gasteiger partial charge in [-0.15, -0.1) is 0 Å². The zero-order valence-corrected chi connectivity index (χ0v) is 61.2. The predicted octanol–water partition coefficient (Wildman–Crippen LogP) is 12.1. The van der Waals surface area contributed by atoms with Gasteiger partial charge in [0.25, 0.3) is 0 Å². The van der Waals surface area contributed by atoms with Crippen molar-refractivity contribution in [2.75, 3.05) is 20.3 Å². The molecule has 24 nitrogen and oxygen atoms in total. The molecule has 568 valence electrons. The predicted molar refractivity (Wildman–Crippen MR) is 369 cm³/mol. The molecule has 1 unspecified atom stereocenters. The Labute approximate surface area is 581 Å². The van der Waals surface area contributed by atoms with Crippen LogP contribution in [0.25, 0.3) is 0 Å². The monoisotopic (exact) mass is 1410 g/mol. The quantitative estimate of drug-likeness (QED) is 0.0118. The highest BCUT2D eigenvalue weighted by Crippen LogP contribution is 2.43. The van der Waals surface area contributed by atoms with E-state index in [1.165, 1.54) is 64.9 Å². The van der Waals surface area contributed by atoms with Gasteiger partial charge in [0.2, 0.25) is 11.8 Å². The van der Waals surface area contributed by atoms with E-state index in [1.807, 2.05) is 0 Å². The lowest BCUT2D eigenvalue weighted by Gasteiger charge is -2.46. The summed E-state index contributed by atoms with van der Waals surface area (Å²) in [6, 6.07) is -3.46. The number of esters is 3. The third-order valence-corrected chi connectivity index (χ3v) is 18.8. The number of carbonyl (C=O) groups excluding carboxylic acids is 5. The van der Waals surface area contributed by atoms with Gasteiger partial charge in [0, 0.05) is 14.0 Å². The molecule has 9 N–H and O–H groups in total. The second-order valence-electron chi connectivity index (χ2n) is 27.4. The minimum Gasteiger partial charge on any atom is -0.479 e. The summed E-state index contributed by atoms with van der Waals surface area (Å²) in [6.45, 7) is 8.41. The molecule has 25 heteroatoms. The highest BCUT2D eigenvalue weighted by atomic mass is 31.2. The lowest BCUT2D eigenvalue weighted by molar-refractivity contribution is -0.286. The number of carboxylic acid groups (broad SMARTS) is 1. The number of aliphatic carboxylic acids is 1. The molecular formula is C72H133N2O22P. The Hall–Kier alpha value is -3.39. The summed E-state index contributed by atoms with van der Waals surface area (Å²) in [5.41, 5.74) is 0. The molecule has 2 aliphatic heterocycles. The summed E-state index contributed by atoms with van der Waals surface area (Å²) in [7, 11) is -4.26. The standard InChI is InChI=1S/C72H133N2O22P/c1-7-11-15-19-23-27-31-35-39-43-54(76)47-60(79)74-64-68(94-62(81)49-56(78)45-41-37-33-29-25-21-17-13-9-3)66(83)58(92-70(64)71(84)85)52-90-72-65(73-53(5)75)69(67(96-97(86,87)88)59(93-72)51-89-6)95-63(82)50-57(46-42-38-34-30-26-22-18-14-10-4)91-61(80)48-55(77)44-40-36-32-28-24-20-16-12-8-2/h54-59,64-70,72,76-78,83H,7-52H2,1-6H3,(H,73,75)(H,74,79)(H,84,85)(H2,86,87,88)/t54?,55-,56-,57+,58-,59-,64-,65-,66-,67-,68-,69-,70+,72-/m1/s1. The number of carboxylic acids is 1. The van der Waals surface area contributed by atoms with E-state index < -0.39 is 162 Å². The SMILES string of the molecule is CCCCCCCCCCCC(O)CC(=O)N[C@@H]1[C@@H](OC(=O)C[C@H](O)CCCCCCCCCCC)[C@H](O)[C@@H](CO[C@@H]2O[C@H](COC)[C@@H](OP(=O)(O)O)[C@H](OC(=O)C[C@H](CCCCCCCCCCC)OC(=O)C[C@H](O)CCCCCCCCCCC)[C@H]2NC(C)=O)O[C@@H]1C(=O)O. The number of rotatable bonds is 61. The van der Waals surface area contributed by atoms with Crippen LogP contribution >= 0.6 is 7.82 Å². The largest absolute Gasteiger partial charge is 0.479 e. The Morgan fingerprint density at radius 1 is 0.464 bits per heavy atom. The van der Waals surface area contributed by atoms with Crippen LogP contribution < -0.4 is 10.6 Å². The lowest BCUT2D eigenvalue weighted by atomic mass is 9.91. The second-order valence-corrected chi connectivity index (χ2v) is 28.6. The fourth-order valence-corrected chi connectivity index (χ4v) is 13.4. The first-order valence-electron chi connectivity index (χ1n) is 37.8. The second kappa shape index (κ2) is 55.2. The number of unbranched alkanes of at least 4 members (excludes halogenated alkanes) is 32. The number of phosphoric acid groups is 1. The Bertz CT molecular complexity index is 2120. The van der Waals surface area contributed by atoms with Gasteiger partial charge in [0.15, 0.2) is 24.6 Å². The van der Waals surface area contributed by atoms with Crippen LogP contribution in [0.15, 0.2) is 0 Å². The van der Waals surface area contributed by atoms with Crippen LogP contribution in [0.1, 0.15) is 317 Å². The van der Waals surface area contributed by atoms with E-state index in [4.69, 9.17) is 37.7 Å². The van der Waals surface area contributed by atoms with E-state index in [9.17, 15) is 68.7 Å². The number of amides is 2. The summed E-state index contributed by atoms with van der Waals surface area (Å²) in [4.78, 5) is 102. The summed E-state index contributed by atoms with van der Waals surface area (Å²) < 4.78 is 59.5. The van der Waals surface area contributed by atoms with Gasteiger partial charge >= 0.3 is 31.7 Å². The van der Waals surface area contributed by atoms with Crippen LogP contribution in [-0.2, 0) is 71.0 Å². The van der Waals surface area contributed by atoms with E-state index in [1.54, 1.807) is 0 Å². The molecule has 2 fully saturated rings. The molecule has 0 spiro atoms. The van der Waals surface area contributed by atoms with Crippen LogP contribution in [-0.4, -0.2) is 177 Å². The molecule has 2 heterocycles. The summed E-state index contributed by atoms with van der Waals surface area (Å²) in [5, 5.41) is 60.8. The van der Waals surface area contributed by atoms with Crippen LogP contribution in [0.4, 0.5) is 0 Å². The van der Waals surface area contributed by atoms with Crippen molar-refractivity contribution in [3.8, 4) is 0 Å². The number of methoxy groups -OCH3 is 1. The van der Waals surface area contributed by atoms with Crippen molar-refractivity contribution in [3.05, 3.63) is 0 Å². The van der Waals surface area contributed by atoms with E-state index in [0.717, 1.165) is 161 Å². The van der Waals surface area contributed by atoms with Crippen molar-refractivity contribution in [2.24, 2.45) is 0 Å². The van der Waals surface area contributed by atoms with Crippen molar-refractivity contribution in [3.63, 3.8) is 0 Å². The smallest absolute Gasteiger partial charge is 0.470 e. The van der Waals surface area contributed by atoms with Crippen molar-refractivity contribution in [2.45, 2.75) is 403 Å². The molecule has 2 saturated heterocycles. The van der Waals surface area contributed by atoms with E-state index in [-0.39, 0.29) is 25.7 Å². The first-order valence-corrected chi connectivity index (χ1v) is 39.4. The van der Waals surface area contributed by atoms with E-state index >= 15 is 0 Å². The average molecular weight is 1410 g/mol. The maximum atomic E-state index is 14.4. The van der Waals surface area contributed by atoms with E-state index in [0.29, 0.717) is 25.7 Å². The molecule has 2 aliphatic rings. The van der Waals surface area contributed by atoms with Gasteiger partial charge in [-0.1, -0.05) is 252 Å². The fraction of sp³-hybridized carbons (Fsp3) is 0.917. The molecule has 0 aromatic heterocycles. The van der Waals surface area contributed by atoms with Crippen molar-refractivity contribution in [1.29, 1.82) is 0 Å². The number of ether oxygens (including phenoxy) is 7. The molecule has 97 heavy (non-hydrogen) atoms. The van der Waals surface area contributed by atoms with Gasteiger partial charge in [-0.2, -0.15) is 0 Å². The van der Waals surface area contributed by atoms with Crippen LogP contribution in [0.5, 0.6) is 0 Å². The first-order chi connectivity index (χ1) is 46.6. The van der Waals surface area contributed by atoms with E-state index in [2.05, 4.69) is 38.3 Å². The molecule has 0 saturated carbocycles. The number of aliphatic hydroxyl groups excluding tert-OH is 4. The minimum absolute atomic E-state index is 0.220. The zero-order valence-electron chi connectivity index (χ0n) is 60.3. The summed E-state index contributed by atoms with van der Waals surface area (Å²) in [5.74, 6) is -6.09. The molecule has 0 aliphatic carbocycles. The Kier molecular flexibility index (Phi) is 51.1. The number of hydrogen-bond donors (Lipinski definition) is 9. The average Bonchev–Trinajstić information content (AvgIpc) is 0.788. The first kappa shape index (κ1) is 89.7. The number of carbonyl (C=O) groups is 6. The van der Waals surface area contributed by atoms with Crippen LogP contribution in [0, 0.1) is 0 Å². The fourth-order valence-electron chi connectivity index (χ4n) is 12.9. The topological polar surface area (TPSA) is 359 Å². The molecule has 0 radical (unpaired) electrons. The van der Waals surface area contributed by atoms with Crippen LogP contribution in [0.3, 0.4) is 0 Å². The number of hydrogen-bond acceptors (Lipinski definition) is 19. The number of nitrogens with one attached hydrogen (secondary N) is 2. The van der Waals surface area contributed by atoms with Crippen molar-refractivity contribution >= 4 is 43.5 Å². The summed E-state index contributed by atoms with van der Waals surface area (Å²) in [6.07, 6.45) is 17.3. The maximum absolute atomic E-state index is 14.4. The van der Waals surface area contributed by atoms with Gasteiger partial charge in [-0.3, -0.25) is 28.5 Å². The molecule has 2 rings (SSSR count). The molecular weight excluding hydrogens is 1280 g/mol.